The molecule has 1 fully saturated rings. The third kappa shape index (κ3) is 3.50. The molecule has 1 aliphatic heterocycles. The molecule has 0 aromatic rings. The normalized spacial score (nSPS) is 27.9. The quantitative estimate of drug-likeness (QED) is 0.755. The maximum atomic E-state index is 11.3. The predicted molar refractivity (Wildman–Crippen MR) is 61.6 cm³/mol. The van der Waals surface area contributed by atoms with Crippen LogP contribution in [-0.4, -0.2) is 49.5 Å². The van der Waals surface area contributed by atoms with Gasteiger partial charge in [-0.3, -0.25) is 4.79 Å². The Bertz CT molecular complexity index is 210. The molecule has 0 aromatic carbocycles. The first-order chi connectivity index (χ1) is 6.56. The van der Waals surface area contributed by atoms with Crippen LogP contribution in [0.4, 0.5) is 0 Å². The zero-order valence-electron chi connectivity index (χ0n) is 9.30. The number of carbonyl (C=O) groups is 1. The summed E-state index contributed by atoms with van der Waals surface area (Å²) in [6.07, 6.45) is 3.13. The molecule has 82 valence electrons. The van der Waals surface area contributed by atoms with Crippen LogP contribution in [0.1, 0.15) is 13.3 Å². The van der Waals surface area contributed by atoms with E-state index in [0.29, 0.717) is 5.75 Å². The first-order valence-electron chi connectivity index (χ1n) is 5.00. The first kappa shape index (κ1) is 11.9. The van der Waals surface area contributed by atoms with Gasteiger partial charge >= 0.3 is 0 Å². The summed E-state index contributed by atoms with van der Waals surface area (Å²) < 4.78 is 0. The first-order valence-corrected chi connectivity index (χ1v) is 6.39. The van der Waals surface area contributed by atoms with E-state index in [0.717, 1.165) is 19.6 Å². The molecular formula is C10H20N2OS. The lowest BCUT2D eigenvalue weighted by molar-refractivity contribution is -0.119. The number of rotatable bonds is 4. The number of thioether (sulfide) groups is 1. The second kappa shape index (κ2) is 5.03. The maximum Gasteiger partial charge on any atom is 0.230 e. The van der Waals surface area contributed by atoms with E-state index in [1.807, 2.05) is 6.26 Å². The number of carbonyl (C=O) groups excluding carboxylic acids is 1. The van der Waals surface area contributed by atoms with Crippen molar-refractivity contribution < 1.29 is 4.79 Å². The molecule has 3 nitrogen and oxygen atoms in total. The minimum Gasteiger partial charge on any atom is -0.355 e. The minimum atomic E-state index is 0.160. The summed E-state index contributed by atoms with van der Waals surface area (Å²) in [5, 5.41) is 3.00. The fraction of sp³-hybridized carbons (Fsp3) is 0.900. The average Bonchev–Trinajstić information content (AvgIpc) is 2.45. The van der Waals surface area contributed by atoms with Gasteiger partial charge in [-0.1, -0.05) is 6.92 Å². The summed E-state index contributed by atoms with van der Waals surface area (Å²) in [4.78, 5) is 13.6. The van der Waals surface area contributed by atoms with Gasteiger partial charge in [0.05, 0.1) is 5.75 Å². The van der Waals surface area contributed by atoms with Gasteiger partial charge in [0.25, 0.3) is 0 Å². The molecule has 0 spiro atoms. The van der Waals surface area contributed by atoms with Gasteiger partial charge in [-0.2, -0.15) is 11.8 Å². The van der Waals surface area contributed by atoms with Crippen molar-refractivity contribution in [1.82, 2.24) is 10.2 Å². The summed E-state index contributed by atoms with van der Waals surface area (Å²) in [6, 6.07) is 0. The fourth-order valence-corrected chi connectivity index (χ4v) is 2.27. The van der Waals surface area contributed by atoms with Crippen LogP contribution in [0.15, 0.2) is 0 Å². The second-order valence-corrected chi connectivity index (χ2v) is 5.37. The van der Waals surface area contributed by atoms with Crippen molar-refractivity contribution >= 4 is 17.7 Å². The van der Waals surface area contributed by atoms with Crippen LogP contribution < -0.4 is 5.32 Å². The Morgan fingerprint density at radius 1 is 1.64 bits per heavy atom. The molecular weight excluding hydrogens is 196 g/mol. The third-order valence-electron chi connectivity index (χ3n) is 2.74. The smallest absolute Gasteiger partial charge is 0.230 e. The molecule has 0 bridgehead atoms. The van der Waals surface area contributed by atoms with Crippen LogP contribution >= 0.6 is 11.8 Å². The lowest BCUT2D eigenvalue weighted by atomic mass is 9.90. The van der Waals surface area contributed by atoms with E-state index in [1.165, 1.54) is 6.42 Å². The van der Waals surface area contributed by atoms with Gasteiger partial charge in [0.1, 0.15) is 0 Å². The Balaban J connectivity index is 2.27. The SMILES string of the molecule is CSCC(=O)NC[C@]1(C)CCN(C)C1. The topological polar surface area (TPSA) is 32.3 Å². The largest absolute Gasteiger partial charge is 0.355 e. The molecule has 4 heteroatoms. The van der Waals surface area contributed by atoms with Crippen LogP contribution in [0, 0.1) is 5.41 Å². The predicted octanol–water partition coefficient (Wildman–Crippen LogP) is 0.807. The number of nitrogens with one attached hydrogen (secondary N) is 1. The van der Waals surface area contributed by atoms with Crippen LogP contribution in [0.5, 0.6) is 0 Å². The Hall–Kier alpha value is -0.220. The van der Waals surface area contributed by atoms with Crippen molar-refractivity contribution in [3.8, 4) is 0 Å². The van der Waals surface area contributed by atoms with Gasteiger partial charge < -0.3 is 10.2 Å². The molecule has 0 aliphatic carbocycles. The minimum absolute atomic E-state index is 0.160. The molecule has 1 saturated heterocycles. The monoisotopic (exact) mass is 216 g/mol. The fourth-order valence-electron chi connectivity index (χ4n) is 1.91. The molecule has 0 saturated carbocycles. The summed E-state index contributed by atoms with van der Waals surface area (Å²) in [6.45, 7) is 5.30. The molecule has 14 heavy (non-hydrogen) atoms. The van der Waals surface area contributed by atoms with Gasteiger partial charge in [-0.25, -0.2) is 0 Å². The van der Waals surface area contributed by atoms with Gasteiger partial charge in [0.15, 0.2) is 0 Å². The van der Waals surface area contributed by atoms with Crippen molar-refractivity contribution in [2.75, 3.05) is 38.7 Å². The maximum absolute atomic E-state index is 11.3. The third-order valence-corrected chi connectivity index (χ3v) is 3.29. The van der Waals surface area contributed by atoms with Crippen molar-refractivity contribution in [3.63, 3.8) is 0 Å². The van der Waals surface area contributed by atoms with Crippen molar-refractivity contribution in [3.05, 3.63) is 0 Å². The molecule has 1 heterocycles. The summed E-state index contributed by atoms with van der Waals surface area (Å²) in [7, 11) is 2.13. The number of amides is 1. The summed E-state index contributed by atoms with van der Waals surface area (Å²) in [5.74, 6) is 0.736. The average molecular weight is 216 g/mol. The molecule has 1 atom stereocenters. The lowest BCUT2D eigenvalue weighted by Crippen LogP contribution is -2.38. The molecule has 0 aromatic heterocycles. The van der Waals surface area contributed by atoms with Gasteiger partial charge in [0, 0.05) is 13.1 Å². The van der Waals surface area contributed by atoms with Crippen LogP contribution in [0.3, 0.4) is 0 Å². The molecule has 1 N–H and O–H groups in total. The number of hydrogen-bond donors (Lipinski definition) is 1. The highest BCUT2D eigenvalue weighted by Crippen LogP contribution is 2.27. The Kier molecular flexibility index (Phi) is 4.26. The van der Waals surface area contributed by atoms with Crippen molar-refractivity contribution in [2.45, 2.75) is 13.3 Å². The number of hydrogen-bond acceptors (Lipinski definition) is 3. The highest BCUT2D eigenvalue weighted by molar-refractivity contribution is 7.99. The van der Waals surface area contributed by atoms with Crippen molar-refractivity contribution in [2.24, 2.45) is 5.41 Å². The zero-order valence-corrected chi connectivity index (χ0v) is 10.1. The van der Waals surface area contributed by atoms with E-state index in [4.69, 9.17) is 0 Å². The number of nitrogens with zero attached hydrogens (tertiary/aromatic N) is 1. The molecule has 0 unspecified atom stereocenters. The lowest BCUT2D eigenvalue weighted by Gasteiger charge is -2.23. The zero-order chi connectivity index (χ0) is 10.6. The van der Waals surface area contributed by atoms with Gasteiger partial charge in [-0.05, 0) is 31.7 Å². The van der Waals surface area contributed by atoms with Gasteiger partial charge in [-0.15, -0.1) is 0 Å². The summed E-state index contributed by atoms with van der Waals surface area (Å²) in [5.41, 5.74) is 0.281. The van der Waals surface area contributed by atoms with E-state index in [2.05, 4.69) is 24.2 Å². The highest BCUT2D eigenvalue weighted by Gasteiger charge is 2.31. The highest BCUT2D eigenvalue weighted by atomic mass is 32.2. The number of likely N-dealkylation sites (tertiary alicyclic amines) is 1. The molecule has 1 rings (SSSR count). The van der Waals surface area contributed by atoms with Gasteiger partial charge in [0.2, 0.25) is 5.91 Å². The van der Waals surface area contributed by atoms with E-state index < -0.39 is 0 Å². The molecule has 1 aliphatic rings. The van der Waals surface area contributed by atoms with Crippen LogP contribution in [-0.2, 0) is 4.79 Å². The van der Waals surface area contributed by atoms with Crippen LogP contribution in [0.2, 0.25) is 0 Å². The molecule has 0 radical (unpaired) electrons. The Labute approximate surface area is 90.6 Å². The van der Waals surface area contributed by atoms with Crippen molar-refractivity contribution in [1.29, 1.82) is 0 Å². The van der Waals surface area contributed by atoms with E-state index >= 15 is 0 Å². The Morgan fingerprint density at radius 3 is 2.86 bits per heavy atom. The Morgan fingerprint density at radius 2 is 2.36 bits per heavy atom. The second-order valence-electron chi connectivity index (χ2n) is 4.51. The van der Waals surface area contributed by atoms with E-state index in [1.54, 1.807) is 11.8 Å². The van der Waals surface area contributed by atoms with E-state index in [-0.39, 0.29) is 11.3 Å². The standard InChI is InChI=1S/C10H20N2OS/c1-10(4-5-12(2)8-10)7-11-9(13)6-14-3/h4-8H2,1-3H3,(H,11,13)/t10-/m0/s1. The van der Waals surface area contributed by atoms with Crippen LogP contribution in [0.25, 0.3) is 0 Å². The molecule has 1 amide bonds. The summed E-state index contributed by atoms with van der Waals surface area (Å²) >= 11 is 1.57. The van der Waals surface area contributed by atoms with E-state index in [9.17, 15) is 4.79 Å².